The molecule has 0 aliphatic rings. The quantitative estimate of drug-likeness (QED) is 0.613. The van der Waals surface area contributed by atoms with Crippen molar-refractivity contribution in [3.05, 3.63) is 29.3 Å². The van der Waals surface area contributed by atoms with Gasteiger partial charge in [-0.15, -0.1) is 0 Å². The third-order valence-electron chi connectivity index (χ3n) is 1.80. The van der Waals surface area contributed by atoms with Crippen LogP contribution in [-0.2, 0) is 0 Å². The van der Waals surface area contributed by atoms with Crippen molar-refractivity contribution in [3.8, 4) is 0 Å². The molecule has 0 spiro atoms. The number of benzene rings is 1. The number of hydrogen-bond acceptors (Lipinski definition) is 2. The topological polar surface area (TPSA) is 40.5 Å². The summed E-state index contributed by atoms with van der Waals surface area (Å²) in [6.07, 6.45) is 0. The maximum absolute atomic E-state index is 8.94. The summed E-state index contributed by atoms with van der Waals surface area (Å²) in [6, 6.07) is 5.63. The van der Waals surface area contributed by atoms with Crippen LogP contribution < -0.4 is 5.46 Å². The van der Waals surface area contributed by atoms with E-state index in [1.807, 2.05) is 32.0 Å². The fourth-order valence-corrected chi connectivity index (χ4v) is 1.23. The van der Waals surface area contributed by atoms with E-state index in [-0.39, 0.29) is 51.8 Å². The van der Waals surface area contributed by atoms with Crippen LogP contribution in [0.3, 0.4) is 0 Å². The molecule has 0 amide bonds. The maximum atomic E-state index is 8.94. The molecule has 0 aliphatic carbocycles. The minimum atomic E-state index is -1.35. The molecule has 5 heteroatoms. The average molecular weight is 203 g/mol. The Morgan fingerprint density at radius 2 is 1.46 bits per heavy atom. The first kappa shape index (κ1) is 16.2. The summed E-state index contributed by atoms with van der Waals surface area (Å²) in [5, 5.41) is 17.9. The van der Waals surface area contributed by atoms with Gasteiger partial charge < -0.3 is 15.8 Å². The third kappa shape index (κ3) is 4.18. The largest absolute Gasteiger partial charge is 2.00 e. The maximum Gasteiger partial charge on any atom is 2.00 e. The molecule has 0 bridgehead atoms. The Bertz CT molecular complexity index is 259. The van der Waals surface area contributed by atoms with E-state index in [9.17, 15) is 0 Å². The summed E-state index contributed by atoms with van der Waals surface area (Å²) in [5.41, 5.74) is 2.45. The molecule has 1 rings (SSSR count). The monoisotopic (exact) mass is 202 g/mol. The first-order chi connectivity index (χ1) is 5.13. The van der Waals surface area contributed by atoms with Gasteiger partial charge in [0.25, 0.3) is 0 Å². The van der Waals surface area contributed by atoms with Crippen molar-refractivity contribution in [1.29, 1.82) is 0 Å². The van der Waals surface area contributed by atoms with Crippen molar-refractivity contribution in [2.24, 2.45) is 0 Å². The van der Waals surface area contributed by atoms with Crippen molar-refractivity contribution in [2.75, 3.05) is 0 Å². The molecule has 1 aromatic carbocycles. The Hall–Kier alpha value is 0.737. The van der Waals surface area contributed by atoms with Gasteiger partial charge in [0.2, 0.25) is 0 Å². The Balaban J connectivity index is -0.0000000504. The summed E-state index contributed by atoms with van der Waals surface area (Å²) >= 11 is 0. The van der Waals surface area contributed by atoms with E-state index in [0.29, 0.717) is 5.46 Å². The summed E-state index contributed by atoms with van der Waals surface area (Å²) < 4.78 is 0. The first-order valence-corrected chi connectivity index (χ1v) is 3.55. The van der Waals surface area contributed by atoms with Gasteiger partial charge in [-0.05, 0) is 19.3 Å². The van der Waals surface area contributed by atoms with E-state index in [0.717, 1.165) is 11.1 Å². The molecule has 13 heavy (non-hydrogen) atoms. The van der Waals surface area contributed by atoms with E-state index in [1.165, 1.54) is 0 Å². The van der Waals surface area contributed by atoms with Crippen LogP contribution in [-0.4, -0.2) is 63.3 Å². The zero-order chi connectivity index (χ0) is 8.43. The van der Waals surface area contributed by atoms with E-state index in [2.05, 4.69) is 0 Å². The molecule has 66 valence electrons. The molecule has 0 saturated heterocycles. The molecular weight excluding hydrogens is 188 g/mol. The second-order valence-corrected chi connectivity index (χ2v) is 2.68. The number of aryl methyl sites for hydroxylation is 2. The molecule has 0 radical (unpaired) electrons. The van der Waals surface area contributed by atoms with Crippen LogP contribution >= 0.6 is 0 Å². The van der Waals surface area contributed by atoms with Crippen LogP contribution in [0.15, 0.2) is 18.2 Å². The molecule has 2 nitrogen and oxygen atoms in total. The van der Waals surface area contributed by atoms with Gasteiger partial charge in [-0.1, -0.05) is 29.3 Å². The van der Waals surface area contributed by atoms with Gasteiger partial charge in [-0.3, -0.25) is 0 Å². The summed E-state index contributed by atoms with van der Waals surface area (Å²) in [4.78, 5) is 0. The predicted octanol–water partition coefficient (Wildman–Crippen LogP) is -0.328. The van der Waals surface area contributed by atoms with Gasteiger partial charge in [-0.2, -0.15) is 0 Å². The van der Waals surface area contributed by atoms with Gasteiger partial charge in [0.15, 0.2) is 0 Å². The molecule has 0 aromatic heterocycles. The van der Waals surface area contributed by atoms with E-state index >= 15 is 0 Å². The van der Waals surface area contributed by atoms with Crippen molar-refractivity contribution < 1.29 is 15.8 Å². The van der Waals surface area contributed by atoms with Crippen LogP contribution in [0.4, 0.5) is 0 Å². The van der Waals surface area contributed by atoms with Gasteiger partial charge in [-0.25, -0.2) is 0 Å². The Morgan fingerprint density at radius 3 is 1.69 bits per heavy atom. The van der Waals surface area contributed by atoms with Crippen LogP contribution in [0.5, 0.6) is 0 Å². The normalized spacial score (nSPS) is 8.31. The van der Waals surface area contributed by atoms with Crippen molar-refractivity contribution >= 4 is 58.7 Å². The van der Waals surface area contributed by atoms with Gasteiger partial charge in [0.05, 0.1) is 0 Å². The first-order valence-electron chi connectivity index (χ1n) is 3.55. The molecule has 0 saturated carbocycles. The summed E-state index contributed by atoms with van der Waals surface area (Å²) in [5.74, 6) is 0. The molecule has 2 N–H and O–H groups in total. The van der Waals surface area contributed by atoms with Crippen LogP contribution in [0, 0.1) is 13.8 Å². The fraction of sp³-hybridized carbons (Fsp3) is 0.250. The van der Waals surface area contributed by atoms with E-state index < -0.39 is 7.12 Å². The zero-order valence-electron chi connectivity index (χ0n) is 12.1. The molecule has 0 heterocycles. The van der Waals surface area contributed by atoms with Gasteiger partial charge in [0.1, 0.15) is 0 Å². The van der Waals surface area contributed by atoms with E-state index in [4.69, 9.17) is 10.0 Å². The Morgan fingerprint density at radius 1 is 1.08 bits per heavy atom. The number of rotatable bonds is 1. The summed E-state index contributed by atoms with van der Waals surface area (Å²) in [7, 11) is -1.35. The average Bonchev–Trinajstić information content (AvgIpc) is 1.85. The predicted molar refractivity (Wildman–Crippen MR) is 61.7 cm³/mol. The molecule has 0 atom stereocenters. The fourth-order valence-electron chi connectivity index (χ4n) is 1.23. The SMILES string of the molecule is Cc1cccc(C)c1B(O)O.[H-].[H-].[H-].[H-].[Mg+2].[Mg+2]. The molecule has 0 aliphatic heterocycles. The summed E-state index contributed by atoms with van der Waals surface area (Å²) in [6.45, 7) is 3.73. The van der Waals surface area contributed by atoms with Gasteiger partial charge in [0, 0.05) is 0 Å². The van der Waals surface area contributed by atoms with Crippen molar-refractivity contribution in [3.63, 3.8) is 0 Å². The second kappa shape index (κ2) is 7.09. The van der Waals surface area contributed by atoms with Crippen molar-refractivity contribution in [2.45, 2.75) is 13.8 Å². The second-order valence-electron chi connectivity index (χ2n) is 2.68. The zero-order valence-corrected chi connectivity index (χ0v) is 10.9. The number of hydrogen-bond donors (Lipinski definition) is 2. The smallest absolute Gasteiger partial charge is 1.00 e. The molecule has 0 unspecified atom stereocenters. The van der Waals surface area contributed by atoms with Crippen LogP contribution in [0.1, 0.15) is 16.8 Å². The van der Waals surface area contributed by atoms with Crippen LogP contribution in [0.25, 0.3) is 0 Å². The Labute approximate surface area is 117 Å². The third-order valence-corrected chi connectivity index (χ3v) is 1.80. The molecular formula is C8H15BMg2O2. The van der Waals surface area contributed by atoms with Crippen LogP contribution in [0.2, 0.25) is 0 Å². The Kier molecular flexibility index (Phi) is 8.82. The minimum Gasteiger partial charge on any atom is -1.00 e. The van der Waals surface area contributed by atoms with E-state index in [1.54, 1.807) is 0 Å². The van der Waals surface area contributed by atoms with Crippen molar-refractivity contribution in [1.82, 2.24) is 0 Å². The van der Waals surface area contributed by atoms with Gasteiger partial charge >= 0.3 is 53.2 Å². The minimum absolute atomic E-state index is 0. The molecule has 0 fully saturated rings. The standard InChI is InChI=1S/C8H11BO2.2Mg.4H/c1-6-4-3-5-7(2)8(6)9(10)11;;;;;;/h3-5,10-11H,1-2H3;;;;;;/q;2*+2;4*-1. The molecule has 1 aromatic rings.